The van der Waals surface area contributed by atoms with E-state index in [9.17, 15) is 9.59 Å². The van der Waals surface area contributed by atoms with E-state index in [-0.39, 0.29) is 12.5 Å². The SMILES string of the molecule is COc1ccc([C@@H](C)NC(=O)[C@@]2(F)CC[C@H]2NC(=O)OC(C)(C)C)cc1. The minimum Gasteiger partial charge on any atom is -0.497 e. The van der Waals surface area contributed by atoms with Gasteiger partial charge < -0.3 is 20.1 Å². The molecule has 0 unspecified atom stereocenters. The minimum absolute atomic E-state index is 0.0641. The monoisotopic (exact) mass is 366 g/mol. The highest BCUT2D eigenvalue weighted by Crippen LogP contribution is 2.37. The maximum absolute atomic E-state index is 15.0. The van der Waals surface area contributed by atoms with Crippen molar-refractivity contribution >= 4 is 12.0 Å². The number of methoxy groups -OCH3 is 1. The predicted octanol–water partition coefficient (Wildman–Crippen LogP) is 3.27. The number of nitrogens with one attached hydrogen (secondary N) is 2. The van der Waals surface area contributed by atoms with E-state index < -0.39 is 29.3 Å². The van der Waals surface area contributed by atoms with Gasteiger partial charge in [-0.25, -0.2) is 9.18 Å². The third-order valence-electron chi connectivity index (χ3n) is 4.38. The summed E-state index contributed by atoms with van der Waals surface area (Å²) in [6.07, 6.45) is -0.269. The molecule has 0 spiro atoms. The number of halogens is 1. The van der Waals surface area contributed by atoms with Crippen LogP contribution in [-0.4, -0.2) is 36.4 Å². The topological polar surface area (TPSA) is 76.7 Å². The highest BCUT2D eigenvalue weighted by Gasteiger charge is 2.55. The fourth-order valence-electron chi connectivity index (χ4n) is 2.74. The predicted molar refractivity (Wildman–Crippen MR) is 95.8 cm³/mol. The van der Waals surface area contributed by atoms with Crippen LogP contribution >= 0.6 is 0 Å². The first-order chi connectivity index (χ1) is 12.0. The average Bonchev–Trinajstić information content (AvgIpc) is 2.56. The molecule has 1 aromatic rings. The number of rotatable bonds is 5. The molecule has 7 heteroatoms. The molecular weight excluding hydrogens is 339 g/mol. The van der Waals surface area contributed by atoms with E-state index in [0.29, 0.717) is 12.2 Å². The van der Waals surface area contributed by atoms with Crippen LogP contribution in [0.3, 0.4) is 0 Å². The number of carbonyl (C=O) groups is 2. The van der Waals surface area contributed by atoms with E-state index >= 15 is 4.39 Å². The Bertz CT molecular complexity index is 656. The molecule has 2 rings (SSSR count). The van der Waals surface area contributed by atoms with E-state index in [1.807, 2.05) is 12.1 Å². The molecule has 1 aliphatic rings. The fraction of sp³-hybridized carbons (Fsp3) is 0.579. The highest BCUT2D eigenvalue weighted by atomic mass is 19.1. The van der Waals surface area contributed by atoms with Gasteiger partial charge in [0.1, 0.15) is 11.4 Å². The Morgan fingerprint density at radius 2 is 1.88 bits per heavy atom. The summed E-state index contributed by atoms with van der Waals surface area (Å²) in [4.78, 5) is 24.3. The third kappa shape index (κ3) is 4.65. The Balaban J connectivity index is 1.95. The standard InChI is InChI=1S/C19H27FN2O4/c1-12(13-6-8-14(25-5)9-7-13)21-16(23)19(20)11-10-15(19)22-17(24)26-18(2,3)4/h6-9,12,15H,10-11H2,1-5H3,(H,21,23)(H,22,24)/t12-,15-,19-/m1/s1. The first-order valence-electron chi connectivity index (χ1n) is 8.68. The number of amides is 2. The molecule has 0 radical (unpaired) electrons. The lowest BCUT2D eigenvalue weighted by Gasteiger charge is -2.42. The third-order valence-corrected chi connectivity index (χ3v) is 4.38. The van der Waals surface area contributed by atoms with Crippen LogP contribution in [0.25, 0.3) is 0 Å². The van der Waals surface area contributed by atoms with Gasteiger partial charge in [-0.2, -0.15) is 0 Å². The Labute approximate surface area is 153 Å². The second-order valence-corrected chi connectivity index (χ2v) is 7.57. The minimum atomic E-state index is -2.13. The quantitative estimate of drug-likeness (QED) is 0.839. The summed E-state index contributed by atoms with van der Waals surface area (Å²) < 4.78 is 25.3. The molecule has 144 valence electrons. The molecule has 0 bridgehead atoms. The van der Waals surface area contributed by atoms with E-state index in [1.165, 1.54) is 0 Å². The molecule has 0 aromatic heterocycles. The van der Waals surface area contributed by atoms with E-state index in [0.717, 1.165) is 5.56 Å². The second-order valence-electron chi connectivity index (χ2n) is 7.57. The summed E-state index contributed by atoms with van der Waals surface area (Å²) in [5.41, 5.74) is -1.98. The van der Waals surface area contributed by atoms with E-state index in [1.54, 1.807) is 46.9 Å². The molecule has 26 heavy (non-hydrogen) atoms. The summed E-state index contributed by atoms with van der Waals surface area (Å²) in [6, 6.07) is 5.92. The number of carbonyl (C=O) groups excluding carboxylic acids is 2. The van der Waals surface area contributed by atoms with Gasteiger partial charge in [-0.05, 0) is 58.2 Å². The lowest BCUT2D eigenvalue weighted by atomic mass is 9.75. The van der Waals surface area contributed by atoms with Gasteiger partial charge in [-0.3, -0.25) is 4.79 Å². The highest BCUT2D eigenvalue weighted by molar-refractivity contribution is 5.88. The zero-order valence-electron chi connectivity index (χ0n) is 15.9. The van der Waals surface area contributed by atoms with Crippen molar-refractivity contribution in [3.8, 4) is 5.75 Å². The largest absolute Gasteiger partial charge is 0.497 e. The zero-order valence-corrected chi connectivity index (χ0v) is 15.9. The van der Waals surface area contributed by atoms with Crippen molar-refractivity contribution < 1.29 is 23.5 Å². The van der Waals surface area contributed by atoms with Crippen LogP contribution in [0.4, 0.5) is 9.18 Å². The van der Waals surface area contributed by atoms with Crippen molar-refractivity contribution in [1.82, 2.24) is 10.6 Å². The number of hydrogen-bond donors (Lipinski definition) is 2. The molecule has 2 amide bonds. The van der Waals surface area contributed by atoms with Crippen LogP contribution in [0.5, 0.6) is 5.75 Å². The van der Waals surface area contributed by atoms with Gasteiger partial charge in [0.25, 0.3) is 5.91 Å². The molecule has 3 atom stereocenters. The van der Waals surface area contributed by atoms with Gasteiger partial charge in [0.2, 0.25) is 5.67 Å². The van der Waals surface area contributed by atoms with Crippen molar-refractivity contribution in [1.29, 1.82) is 0 Å². The van der Waals surface area contributed by atoms with E-state index in [4.69, 9.17) is 9.47 Å². The molecule has 1 fully saturated rings. The van der Waals surface area contributed by atoms with Crippen molar-refractivity contribution in [3.63, 3.8) is 0 Å². The van der Waals surface area contributed by atoms with Crippen molar-refractivity contribution in [2.75, 3.05) is 7.11 Å². The van der Waals surface area contributed by atoms with Crippen molar-refractivity contribution in [2.45, 2.75) is 63.9 Å². The van der Waals surface area contributed by atoms with Crippen molar-refractivity contribution in [2.24, 2.45) is 0 Å². The van der Waals surface area contributed by atoms with Gasteiger partial charge >= 0.3 is 6.09 Å². The number of alkyl halides is 1. The molecular formula is C19H27FN2O4. The summed E-state index contributed by atoms with van der Waals surface area (Å²) in [5, 5.41) is 5.14. The number of alkyl carbamates (subject to hydrolysis) is 1. The van der Waals surface area contributed by atoms with E-state index in [2.05, 4.69) is 10.6 Å². The Morgan fingerprint density at radius 3 is 2.35 bits per heavy atom. The van der Waals surface area contributed by atoms with Crippen LogP contribution in [-0.2, 0) is 9.53 Å². The normalized spacial score (nSPS) is 23.4. The summed E-state index contributed by atoms with van der Waals surface area (Å²) in [5.74, 6) is -0.0250. The summed E-state index contributed by atoms with van der Waals surface area (Å²) in [7, 11) is 1.57. The average molecular weight is 366 g/mol. The Hall–Kier alpha value is -2.31. The molecule has 1 aromatic carbocycles. The maximum Gasteiger partial charge on any atom is 0.407 e. The lowest BCUT2D eigenvalue weighted by Crippen LogP contribution is -2.65. The zero-order chi connectivity index (χ0) is 19.5. The first kappa shape index (κ1) is 20.0. The van der Waals surface area contributed by atoms with Crippen LogP contribution in [0.1, 0.15) is 52.1 Å². The molecule has 0 saturated heterocycles. The lowest BCUT2D eigenvalue weighted by molar-refractivity contribution is -0.142. The molecule has 1 aliphatic carbocycles. The van der Waals surface area contributed by atoms with Crippen LogP contribution in [0.2, 0.25) is 0 Å². The Kier molecular flexibility index (Phi) is 5.78. The molecule has 6 nitrogen and oxygen atoms in total. The van der Waals surface area contributed by atoms with Gasteiger partial charge in [0, 0.05) is 0 Å². The number of ether oxygens (including phenoxy) is 2. The van der Waals surface area contributed by atoms with Gasteiger partial charge in [-0.1, -0.05) is 12.1 Å². The molecule has 0 aliphatic heterocycles. The Morgan fingerprint density at radius 1 is 1.27 bits per heavy atom. The molecule has 2 N–H and O–H groups in total. The smallest absolute Gasteiger partial charge is 0.407 e. The molecule has 1 saturated carbocycles. The van der Waals surface area contributed by atoms with Gasteiger partial charge in [0.05, 0.1) is 19.2 Å². The van der Waals surface area contributed by atoms with Crippen molar-refractivity contribution in [3.05, 3.63) is 29.8 Å². The van der Waals surface area contributed by atoms with Crippen LogP contribution in [0, 0.1) is 0 Å². The van der Waals surface area contributed by atoms with Crippen LogP contribution < -0.4 is 15.4 Å². The molecule has 0 heterocycles. The summed E-state index contributed by atoms with van der Waals surface area (Å²) >= 11 is 0. The second kappa shape index (κ2) is 7.51. The fourth-order valence-corrected chi connectivity index (χ4v) is 2.74. The first-order valence-corrected chi connectivity index (χ1v) is 8.68. The van der Waals surface area contributed by atoms with Crippen LogP contribution in [0.15, 0.2) is 24.3 Å². The van der Waals surface area contributed by atoms with Gasteiger partial charge in [0.15, 0.2) is 0 Å². The summed E-state index contributed by atoms with van der Waals surface area (Å²) in [6.45, 7) is 6.94. The number of hydrogen-bond acceptors (Lipinski definition) is 4. The van der Waals surface area contributed by atoms with Gasteiger partial charge in [-0.15, -0.1) is 0 Å². The number of benzene rings is 1. The maximum atomic E-state index is 15.0.